The van der Waals surface area contributed by atoms with Crippen molar-refractivity contribution in [2.75, 3.05) is 13.2 Å². The van der Waals surface area contributed by atoms with Gasteiger partial charge in [0, 0.05) is 28.5 Å². The number of ether oxygens (including phenoxy) is 3. The zero-order valence-electron chi connectivity index (χ0n) is 15.6. The average molecular weight is 356 g/mol. The molecule has 1 aromatic carbocycles. The third kappa shape index (κ3) is 3.65. The zero-order valence-corrected chi connectivity index (χ0v) is 15.6. The summed E-state index contributed by atoms with van der Waals surface area (Å²) in [5, 5.41) is 2.12. The molecule has 6 nitrogen and oxygen atoms in total. The Hall–Kier alpha value is -2.60. The summed E-state index contributed by atoms with van der Waals surface area (Å²) in [6.45, 7) is 8.80. The average Bonchev–Trinajstić information content (AvgIpc) is 2.97. The number of benzene rings is 1. The Morgan fingerprint density at radius 3 is 2.77 bits per heavy atom. The Morgan fingerprint density at radius 1 is 1.23 bits per heavy atom. The summed E-state index contributed by atoms with van der Waals surface area (Å²) in [7, 11) is 0. The second kappa shape index (κ2) is 7.74. The fraction of sp³-hybridized carbons (Fsp3) is 0.400. The highest BCUT2D eigenvalue weighted by atomic mass is 16.7. The molecule has 2 aromatic heterocycles. The van der Waals surface area contributed by atoms with Gasteiger partial charge in [0.2, 0.25) is 5.88 Å². The van der Waals surface area contributed by atoms with Crippen molar-refractivity contribution in [3.63, 3.8) is 0 Å². The van der Waals surface area contributed by atoms with Gasteiger partial charge in [-0.15, -0.1) is 0 Å². The number of hydrogen-bond acceptors (Lipinski definition) is 5. The van der Waals surface area contributed by atoms with Gasteiger partial charge in [-0.2, -0.15) is 0 Å². The van der Waals surface area contributed by atoms with Crippen molar-refractivity contribution in [3.8, 4) is 5.88 Å². The third-order valence-corrected chi connectivity index (χ3v) is 4.18. The molecule has 26 heavy (non-hydrogen) atoms. The van der Waals surface area contributed by atoms with Gasteiger partial charge in [0.15, 0.2) is 0 Å². The summed E-state index contributed by atoms with van der Waals surface area (Å²) in [5.41, 5.74) is 3.93. The first-order valence-corrected chi connectivity index (χ1v) is 8.86. The van der Waals surface area contributed by atoms with E-state index in [9.17, 15) is 4.79 Å². The van der Waals surface area contributed by atoms with E-state index in [0.717, 1.165) is 33.8 Å². The van der Waals surface area contributed by atoms with E-state index >= 15 is 0 Å². The van der Waals surface area contributed by atoms with Crippen LogP contribution in [0.1, 0.15) is 31.9 Å². The molecular formula is C20H24N2O4. The Kier molecular flexibility index (Phi) is 5.42. The normalized spacial score (nSPS) is 11.4. The maximum absolute atomic E-state index is 11.8. The van der Waals surface area contributed by atoms with E-state index in [0.29, 0.717) is 13.2 Å². The Labute approximate surface area is 152 Å². The van der Waals surface area contributed by atoms with Crippen LogP contribution in [0.15, 0.2) is 24.4 Å². The molecule has 0 saturated carbocycles. The number of H-pyrrole nitrogens is 1. The predicted octanol–water partition coefficient (Wildman–Crippen LogP) is 4.53. The molecule has 0 aliphatic carbocycles. The standard InChI is InChI=1S/C20H24N2O4/c1-5-24-10-9-14-7-6-8-15-18(14)17-13(4)19(21-11-16(17)22-15)26-20(23)25-12(2)3/h6-8,11-12,22H,5,9-10H2,1-4H3. The second-order valence-corrected chi connectivity index (χ2v) is 6.41. The van der Waals surface area contributed by atoms with E-state index in [2.05, 4.69) is 16.0 Å². The van der Waals surface area contributed by atoms with Crippen molar-refractivity contribution in [2.45, 2.75) is 40.2 Å². The molecule has 6 heteroatoms. The van der Waals surface area contributed by atoms with Crippen LogP contribution in [0.3, 0.4) is 0 Å². The number of aromatic nitrogens is 2. The monoisotopic (exact) mass is 356 g/mol. The first-order chi connectivity index (χ1) is 12.5. The maximum atomic E-state index is 11.8. The number of carbonyl (C=O) groups excluding carboxylic acids is 1. The molecule has 0 atom stereocenters. The fourth-order valence-electron chi connectivity index (χ4n) is 3.09. The van der Waals surface area contributed by atoms with Crippen LogP contribution >= 0.6 is 0 Å². The first kappa shape index (κ1) is 18.2. The number of fused-ring (bicyclic) bond motifs is 3. The number of nitrogens with one attached hydrogen (secondary N) is 1. The molecule has 3 aromatic rings. The minimum absolute atomic E-state index is 0.246. The van der Waals surface area contributed by atoms with Crippen LogP contribution < -0.4 is 4.74 Å². The smallest absolute Gasteiger partial charge is 0.431 e. The van der Waals surface area contributed by atoms with Crippen molar-refractivity contribution in [3.05, 3.63) is 35.5 Å². The number of rotatable bonds is 6. The van der Waals surface area contributed by atoms with Crippen LogP contribution in [-0.2, 0) is 15.9 Å². The molecule has 0 bridgehead atoms. The number of aromatic amines is 1. The lowest BCUT2D eigenvalue weighted by Gasteiger charge is -2.10. The Bertz CT molecular complexity index is 930. The summed E-state index contributed by atoms with van der Waals surface area (Å²) in [6, 6.07) is 6.16. The number of hydrogen-bond donors (Lipinski definition) is 1. The molecule has 0 fully saturated rings. The molecule has 0 unspecified atom stereocenters. The molecule has 0 amide bonds. The van der Waals surface area contributed by atoms with Gasteiger partial charge in [0.1, 0.15) is 0 Å². The Balaban J connectivity index is 2.05. The third-order valence-electron chi connectivity index (χ3n) is 4.18. The van der Waals surface area contributed by atoms with E-state index in [1.807, 2.05) is 26.0 Å². The van der Waals surface area contributed by atoms with Gasteiger partial charge in [0.05, 0.1) is 24.4 Å². The Morgan fingerprint density at radius 2 is 2.04 bits per heavy atom. The van der Waals surface area contributed by atoms with Crippen LogP contribution in [0, 0.1) is 6.92 Å². The van der Waals surface area contributed by atoms with Gasteiger partial charge in [-0.1, -0.05) is 12.1 Å². The van der Waals surface area contributed by atoms with Crippen LogP contribution in [-0.4, -0.2) is 35.4 Å². The summed E-state index contributed by atoms with van der Waals surface area (Å²) < 4.78 is 15.9. The van der Waals surface area contributed by atoms with Crippen LogP contribution in [0.2, 0.25) is 0 Å². The van der Waals surface area contributed by atoms with Crippen molar-refractivity contribution in [1.82, 2.24) is 9.97 Å². The minimum atomic E-state index is -0.744. The molecule has 0 saturated heterocycles. The van der Waals surface area contributed by atoms with E-state index in [1.54, 1.807) is 20.0 Å². The summed E-state index contributed by atoms with van der Waals surface area (Å²) in [4.78, 5) is 19.5. The fourth-order valence-corrected chi connectivity index (χ4v) is 3.09. The summed E-state index contributed by atoms with van der Waals surface area (Å²) >= 11 is 0. The van der Waals surface area contributed by atoms with E-state index < -0.39 is 6.16 Å². The van der Waals surface area contributed by atoms with Crippen LogP contribution in [0.25, 0.3) is 21.8 Å². The van der Waals surface area contributed by atoms with Gasteiger partial charge >= 0.3 is 6.16 Å². The number of nitrogens with zero attached hydrogens (tertiary/aromatic N) is 1. The quantitative estimate of drug-likeness (QED) is 0.519. The highest BCUT2D eigenvalue weighted by molar-refractivity contribution is 6.10. The molecular weight excluding hydrogens is 332 g/mol. The van der Waals surface area contributed by atoms with Crippen molar-refractivity contribution >= 4 is 28.0 Å². The molecule has 0 aliphatic heterocycles. The summed E-state index contributed by atoms with van der Waals surface area (Å²) in [5.74, 6) is 0.267. The van der Waals surface area contributed by atoms with E-state index in [1.165, 1.54) is 5.56 Å². The lowest BCUT2D eigenvalue weighted by atomic mass is 10.0. The molecule has 0 spiro atoms. The van der Waals surface area contributed by atoms with Gasteiger partial charge in [-0.05, 0) is 45.7 Å². The number of pyridine rings is 1. The van der Waals surface area contributed by atoms with Gasteiger partial charge in [-0.25, -0.2) is 9.78 Å². The summed E-state index contributed by atoms with van der Waals surface area (Å²) in [6.07, 6.45) is 1.51. The maximum Gasteiger partial charge on any atom is 0.515 e. The van der Waals surface area contributed by atoms with E-state index in [-0.39, 0.29) is 12.0 Å². The van der Waals surface area contributed by atoms with Crippen LogP contribution in [0.4, 0.5) is 4.79 Å². The largest absolute Gasteiger partial charge is 0.515 e. The van der Waals surface area contributed by atoms with Gasteiger partial charge in [0.25, 0.3) is 0 Å². The lowest BCUT2D eigenvalue weighted by Crippen LogP contribution is -2.16. The number of carbonyl (C=O) groups is 1. The number of aryl methyl sites for hydroxylation is 1. The SMILES string of the molecule is CCOCCc1cccc2[nH]c3cnc(OC(=O)OC(C)C)c(C)c3c12. The van der Waals surface area contributed by atoms with Crippen LogP contribution in [0.5, 0.6) is 5.88 Å². The van der Waals surface area contributed by atoms with Gasteiger partial charge in [-0.3, -0.25) is 0 Å². The lowest BCUT2D eigenvalue weighted by molar-refractivity contribution is 0.0714. The van der Waals surface area contributed by atoms with Crippen molar-refractivity contribution in [2.24, 2.45) is 0 Å². The highest BCUT2D eigenvalue weighted by Crippen LogP contribution is 2.34. The predicted molar refractivity (Wildman–Crippen MR) is 101 cm³/mol. The topological polar surface area (TPSA) is 73.4 Å². The highest BCUT2D eigenvalue weighted by Gasteiger charge is 2.17. The van der Waals surface area contributed by atoms with Crippen molar-refractivity contribution < 1.29 is 19.0 Å². The second-order valence-electron chi connectivity index (χ2n) is 6.41. The molecule has 2 heterocycles. The molecule has 0 aliphatic rings. The molecule has 3 rings (SSSR count). The zero-order chi connectivity index (χ0) is 18.7. The molecule has 0 radical (unpaired) electrons. The minimum Gasteiger partial charge on any atom is -0.431 e. The molecule has 138 valence electrons. The molecule has 1 N–H and O–H groups in total. The van der Waals surface area contributed by atoms with Crippen molar-refractivity contribution in [1.29, 1.82) is 0 Å². The first-order valence-electron chi connectivity index (χ1n) is 8.86. The van der Waals surface area contributed by atoms with E-state index in [4.69, 9.17) is 14.2 Å². The van der Waals surface area contributed by atoms with Gasteiger partial charge < -0.3 is 19.2 Å².